The normalized spacial score (nSPS) is 16.1. The summed E-state index contributed by atoms with van der Waals surface area (Å²) in [7, 11) is 1.57. The molecule has 6 nitrogen and oxygen atoms in total. The Morgan fingerprint density at radius 1 is 1.18 bits per heavy atom. The SMILES string of the molecule is CCC(=O)C(OC)c1ccc(OCCCCN2CCC(c3noc4cc(Cl)ccc34)CC2)cc1. The molecule has 182 valence electrons. The second-order valence-corrected chi connectivity index (χ2v) is 9.32. The van der Waals surface area contributed by atoms with Gasteiger partial charge in [-0.3, -0.25) is 4.79 Å². The molecule has 0 bridgehead atoms. The summed E-state index contributed by atoms with van der Waals surface area (Å²) in [6, 6.07) is 13.4. The molecule has 1 fully saturated rings. The zero-order chi connectivity index (χ0) is 23.9. The van der Waals surface area contributed by atoms with E-state index in [1.807, 2.05) is 49.4 Å². The Labute approximate surface area is 206 Å². The lowest BCUT2D eigenvalue weighted by Crippen LogP contribution is -2.34. The van der Waals surface area contributed by atoms with Crippen molar-refractivity contribution in [2.75, 3.05) is 33.4 Å². The third kappa shape index (κ3) is 5.98. The number of ketones is 1. The fourth-order valence-electron chi connectivity index (χ4n) is 4.66. The van der Waals surface area contributed by atoms with E-state index < -0.39 is 6.10 Å². The van der Waals surface area contributed by atoms with Crippen molar-refractivity contribution in [1.29, 1.82) is 0 Å². The van der Waals surface area contributed by atoms with Gasteiger partial charge in [0.25, 0.3) is 0 Å². The monoisotopic (exact) mass is 484 g/mol. The number of benzene rings is 2. The van der Waals surface area contributed by atoms with E-state index >= 15 is 0 Å². The van der Waals surface area contributed by atoms with Gasteiger partial charge in [-0.15, -0.1) is 0 Å². The van der Waals surface area contributed by atoms with Gasteiger partial charge in [-0.1, -0.05) is 35.8 Å². The van der Waals surface area contributed by atoms with Gasteiger partial charge in [0.1, 0.15) is 11.9 Å². The van der Waals surface area contributed by atoms with Crippen molar-refractivity contribution in [3.05, 3.63) is 58.7 Å². The molecule has 7 heteroatoms. The number of nitrogens with zero attached hydrogens (tertiary/aromatic N) is 2. The maximum atomic E-state index is 12.0. The summed E-state index contributed by atoms with van der Waals surface area (Å²) < 4.78 is 16.7. The number of Topliss-reactive ketones (excluding diaryl/α,β-unsaturated/α-hetero) is 1. The van der Waals surface area contributed by atoms with Crippen molar-refractivity contribution in [1.82, 2.24) is 10.1 Å². The molecule has 0 saturated carbocycles. The molecule has 34 heavy (non-hydrogen) atoms. The summed E-state index contributed by atoms with van der Waals surface area (Å²) in [5, 5.41) is 6.10. The third-order valence-corrected chi connectivity index (χ3v) is 6.87. The van der Waals surface area contributed by atoms with Gasteiger partial charge in [-0.05, 0) is 75.1 Å². The smallest absolute Gasteiger partial charge is 0.168 e. The summed E-state index contributed by atoms with van der Waals surface area (Å²) in [5.41, 5.74) is 2.71. The number of rotatable bonds is 11. The molecular weight excluding hydrogens is 452 g/mol. The van der Waals surface area contributed by atoms with Gasteiger partial charge in [0.2, 0.25) is 0 Å². The molecule has 0 N–H and O–H groups in total. The number of halogens is 1. The van der Waals surface area contributed by atoms with Crippen LogP contribution in [-0.4, -0.2) is 49.2 Å². The molecule has 2 aromatic carbocycles. The Hall–Kier alpha value is -2.41. The second-order valence-electron chi connectivity index (χ2n) is 8.88. The second kappa shape index (κ2) is 11.8. The quantitative estimate of drug-likeness (QED) is 0.302. The highest BCUT2D eigenvalue weighted by Gasteiger charge is 2.25. The molecule has 0 aliphatic carbocycles. The number of carbonyl (C=O) groups is 1. The third-order valence-electron chi connectivity index (χ3n) is 6.63. The summed E-state index contributed by atoms with van der Waals surface area (Å²) in [6.07, 6.45) is 4.26. The summed E-state index contributed by atoms with van der Waals surface area (Å²) in [5.74, 6) is 1.35. The van der Waals surface area contributed by atoms with Gasteiger partial charge >= 0.3 is 0 Å². The van der Waals surface area contributed by atoms with Crippen molar-refractivity contribution in [3.8, 4) is 5.75 Å². The van der Waals surface area contributed by atoms with Crippen LogP contribution < -0.4 is 4.74 Å². The number of aromatic nitrogens is 1. The highest BCUT2D eigenvalue weighted by atomic mass is 35.5. The van der Waals surface area contributed by atoms with Gasteiger partial charge in [0.15, 0.2) is 11.4 Å². The van der Waals surface area contributed by atoms with Crippen LogP contribution in [0.1, 0.15) is 62.3 Å². The van der Waals surface area contributed by atoms with E-state index in [-0.39, 0.29) is 5.78 Å². The number of fused-ring (bicyclic) bond motifs is 1. The van der Waals surface area contributed by atoms with E-state index in [0.29, 0.717) is 24.0 Å². The predicted octanol–water partition coefficient (Wildman–Crippen LogP) is 6.19. The molecule has 1 aliphatic rings. The average Bonchev–Trinajstić information content (AvgIpc) is 3.28. The topological polar surface area (TPSA) is 64.8 Å². The number of hydrogen-bond donors (Lipinski definition) is 0. The van der Waals surface area contributed by atoms with Crippen molar-refractivity contribution in [2.24, 2.45) is 0 Å². The number of unbranched alkanes of at least 4 members (excludes halogenated alkanes) is 1. The molecule has 2 heterocycles. The molecule has 1 saturated heterocycles. The van der Waals surface area contributed by atoms with Gasteiger partial charge in [-0.25, -0.2) is 0 Å². The number of likely N-dealkylation sites (tertiary alicyclic amines) is 1. The highest BCUT2D eigenvalue weighted by Crippen LogP contribution is 2.33. The molecule has 1 unspecified atom stereocenters. The van der Waals surface area contributed by atoms with Crippen LogP contribution in [0.2, 0.25) is 5.02 Å². The number of ether oxygens (including phenoxy) is 2. The van der Waals surface area contributed by atoms with E-state index in [9.17, 15) is 4.79 Å². The van der Waals surface area contributed by atoms with E-state index in [4.69, 9.17) is 25.6 Å². The minimum Gasteiger partial charge on any atom is -0.494 e. The maximum Gasteiger partial charge on any atom is 0.168 e. The predicted molar refractivity (Wildman–Crippen MR) is 134 cm³/mol. The Kier molecular flexibility index (Phi) is 8.59. The average molecular weight is 485 g/mol. The standard InChI is InChI=1S/C27H33ClN2O4/c1-3-24(31)27(32-2)20-6-9-22(10-7-20)33-17-5-4-14-30-15-12-19(13-16-30)26-23-11-8-21(28)18-25(23)34-29-26/h6-11,18-19,27H,3-5,12-17H2,1-2H3. The first-order chi connectivity index (χ1) is 16.6. The molecule has 1 aromatic heterocycles. The van der Waals surface area contributed by atoms with Crippen LogP contribution in [0.4, 0.5) is 0 Å². The fraction of sp³-hybridized carbons (Fsp3) is 0.481. The van der Waals surface area contributed by atoms with Crippen LogP contribution in [0.3, 0.4) is 0 Å². The lowest BCUT2D eigenvalue weighted by Gasteiger charge is -2.31. The molecule has 1 atom stereocenters. The summed E-state index contributed by atoms with van der Waals surface area (Å²) in [6.45, 7) is 5.77. The Morgan fingerprint density at radius 2 is 1.94 bits per heavy atom. The van der Waals surface area contributed by atoms with E-state index in [2.05, 4.69) is 10.1 Å². The van der Waals surface area contributed by atoms with Gasteiger partial charge in [-0.2, -0.15) is 0 Å². The molecule has 4 rings (SSSR count). The Bertz CT molecular complexity index is 1070. The van der Waals surface area contributed by atoms with Crippen LogP contribution in [0.15, 0.2) is 47.0 Å². The highest BCUT2D eigenvalue weighted by molar-refractivity contribution is 6.31. The lowest BCUT2D eigenvalue weighted by molar-refractivity contribution is -0.128. The van der Waals surface area contributed by atoms with Crippen molar-refractivity contribution in [3.63, 3.8) is 0 Å². The van der Waals surface area contributed by atoms with Crippen LogP contribution in [0.25, 0.3) is 11.0 Å². The number of carbonyl (C=O) groups excluding carboxylic acids is 1. The molecule has 0 spiro atoms. The number of methoxy groups -OCH3 is 1. The van der Waals surface area contributed by atoms with E-state index in [1.54, 1.807) is 7.11 Å². The summed E-state index contributed by atoms with van der Waals surface area (Å²) in [4.78, 5) is 14.5. The van der Waals surface area contributed by atoms with Crippen LogP contribution in [0, 0.1) is 0 Å². The fourth-order valence-corrected chi connectivity index (χ4v) is 4.82. The number of hydrogen-bond acceptors (Lipinski definition) is 6. The first kappa shape index (κ1) is 24.7. The summed E-state index contributed by atoms with van der Waals surface area (Å²) >= 11 is 6.06. The zero-order valence-electron chi connectivity index (χ0n) is 20.0. The van der Waals surface area contributed by atoms with E-state index in [1.165, 1.54) is 0 Å². The van der Waals surface area contributed by atoms with Gasteiger partial charge in [0, 0.05) is 35.9 Å². The first-order valence-corrected chi connectivity index (χ1v) is 12.5. The first-order valence-electron chi connectivity index (χ1n) is 12.1. The molecule has 0 radical (unpaired) electrons. The Morgan fingerprint density at radius 3 is 2.65 bits per heavy atom. The van der Waals surface area contributed by atoms with Crippen LogP contribution in [0.5, 0.6) is 5.75 Å². The molecule has 0 amide bonds. The molecular formula is C27H33ClN2O4. The Balaban J connectivity index is 1.15. The van der Waals surface area contributed by atoms with Gasteiger partial charge in [0.05, 0.1) is 12.3 Å². The van der Waals surface area contributed by atoms with Crippen molar-refractivity contribution >= 4 is 28.4 Å². The minimum atomic E-state index is -0.496. The zero-order valence-corrected chi connectivity index (χ0v) is 20.7. The molecule has 3 aromatic rings. The van der Waals surface area contributed by atoms with Crippen molar-refractivity contribution in [2.45, 2.75) is 51.0 Å². The number of piperidine rings is 1. The van der Waals surface area contributed by atoms with Crippen molar-refractivity contribution < 1.29 is 18.8 Å². The van der Waals surface area contributed by atoms with E-state index in [0.717, 1.165) is 73.3 Å². The maximum absolute atomic E-state index is 12.0. The largest absolute Gasteiger partial charge is 0.494 e. The molecule has 1 aliphatic heterocycles. The van der Waals surface area contributed by atoms with Crippen LogP contribution >= 0.6 is 11.6 Å². The van der Waals surface area contributed by atoms with Crippen LogP contribution in [-0.2, 0) is 9.53 Å². The minimum absolute atomic E-state index is 0.0829. The lowest BCUT2D eigenvalue weighted by atomic mass is 9.91. The van der Waals surface area contributed by atoms with Gasteiger partial charge < -0.3 is 18.9 Å².